The Bertz CT molecular complexity index is 684. The molecular formula is C27H46O3. The Morgan fingerprint density at radius 1 is 0.933 bits per heavy atom. The summed E-state index contributed by atoms with van der Waals surface area (Å²) in [5.74, 6) is 2.19. The summed E-state index contributed by atoms with van der Waals surface area (Å²) in [4.78, 5) is 0. The first-order chi connectivity index (χ1) is 14.0. The summed E-state index contributed by atoms with van der Waals surface area (Å²) in [6.07, 6.45) is 10.5. The molecule has 8 atom stereocenters. The molecule has 3 N–H and O–H groups in total. The van der Waals surface area contributed by atoms with E-state index in [1.165, 1.54) is 30.4 Å². The van der Waals surface area contributed by atoms with E-state index in [1.54, 1.807) is 0 Å². The summed E-state index contributed by atoms with van der Waals surface area (Å²) in [7, 11) is 0. The van der Waals surface area contributed by atoms with Gasteiger partial charge in [0.2, 0.25) is 0 Å². The van der Waals surface area contributed by atoms with Crippen LogP contribution in [0.25, 0.3) is 0 Å². The maximum absolute atomic E-state index is 12.3. The molecule has 4 aliphatic rings. The number of aliphatic hydroxyl groups is 3. The zero-order chi connectivity index (χ0) is 21.9. The topological polar surface area (TPSA) is 60.7 Å². The molecule has 0 radical (unpaired) electrons. The second-order valence-corrected chi connectivity index (χ2v) is 12.4. The second kappa shape index (κ2) is 7.89. The monoisotopic (exact) mass is 418 g/mol. The van der Waals surface area contributed by atoms with Gasteiger partial charge in [0.05, 0.1) is 12.2 Å². The highest BCUT2D eigenvalue weighted by atomic mass is 16.3. The molecule has 30 heavy (non-hydrogen) atoms. The number of hydrogen-bond acceptors (Lipinski definition) is 3. The molecule has 0 amide bonds. The highest BCUT2D eigenvalue weighted by Gasteiger charge is 2.67. The van der Waals surface area contributed by atoms with Crippen LogP contribution < -0.4 is 0 Å². The van der Waals surface area contributed by atoms with Gasteiger partial charge < -0.3 is 15.3 Å². The van der Waals surface area contributed by atoms with Crippen LogP contribution in [0.15, 0.2) is 11.1 Å². The van der Waals surface area contributed by atoms with E-state index in [0.717, 1.165) is 57.3 Å². The molecule has 0 bridgehead atoms. The number of aliphatic hydroxyl groups excluding tert-OH is 2. The molecule has 2 fully saturated rings. The lowest BCUT2D eigenvalue weighted by atomic mass is 9.49. The van der Waals surface area contributed by atoms with E-state index >= 15 is 0 Å². The molecule has 172 valence electrons. The average molecular weight is 419 g/mol. The molecule has 2 saturated carbocycles. The molecule has 0 aromatic heterocycles. The van der Waals surface area contributed by atoms with E-state index in [-0.39, 0.29) is 16.9 Å². The van der Waals surface area contributed by atoms with Crippen molar-refractivity contribution in [3.8, 4) is 0 Å². The van der Waals surface area contributed by atoms with Crippen LogP contribution in [-0.2, 0) is 0 Å². The van der Waals surface area contributed by atoms with Crippen molar-refractivity contribution in [3.05, 3.63) is 11.1 Å². The maximum atomic E-state index is 12.3. The Labute approximate surface area is 184 Å². The standard InChI is InChI=1S/C27H46O3/c1-17(2)7-6-8-18(3)23-16-24(29)27(30)22-10-9-19-15-20(28)11-13-25(19,4)21(22)12-14-26(23,27)5/h17-20,23-24,28-30H,6-16H2,1-5H3/t18-,19+,20+,23-,24+,25+,26-,27+/m1/s1. The Balaban J connectivity index is 1.64. The Hall–Kier alpha value is -0.380. The van der Waals surface area contributed by atoms with Gasteiger partial charge in [-0.2, -0.15) is 0 Å². The predicted molar refractivity (Wildman–Crippen MR) is 122 cm³/mol. The smallest absolute Gasteiger partial charge is 0.117 e. The summed E-state index contributed by atoms with van der Waals surface area (Å²) in [6.45, 7) is 11.6. The van der Waals surface area contributed by atoms with Crippen LogP contribution in [-0.4, -0.2) is 33.1 Å². The Kier molecular flexibility index (Phi) is 5.99. The molecule has 0 saturated heterocycles. The van der Waals surface area contributed by atoms with Gasteiger partial charge in [0.25, 0.3) is 0 Å². The molecule has 0 unspecified atom stereocenters. The van der Waals surface area contributed by atoms with Crippen LogP contribution in [0.2, 0.25) is 0 Å². The van der Waals surface area contributed by atoms with Gasteiger partial charge >= 0.3 is 0 Å². The lowest BCUT2D eigenvalue weighted by Crippen LogP contribution is -2.58. The van der Waals surface area contributed by atoms with Crippen molar-refractivity contribution in [2.75, 3.05) is 0 Å². The van der Waals surface area contributed by atoms with Crippen LogP contribution in [0, 0.1) is 34.5 Å². The Morgan fingerprint density at radius 2 is 1.67 bits per heavy atom. The molecule has 0 aromatic carbocycles. The largest absolute Gasteiger partial charge is 0.393 e. The third-order valence-electron chi connectivity index (χ3n) is 10.4. The van der Waals surface area contributed by atoms with Gasteiger partial charge in [-0.25, -0.2) is 0 Å². The van der Waals surface area contributed by atoms with Crippen molar-refractivity contribution < 1.29 is 15.3 Å². The van der Waals surface area contributed by atoms with Gasteiger partial charge in [0.1, 0.15) is 5.60 Å². The highest BCUT2D eigenvalue weighted by molar-refractivity contribution is 5.41. The first-order valence-corrected chi connectivity index (χ1v) is 12.9. The van der Waals surface area contributed by atoms with Gasteiger partial charge in [-0.3, -0.25) is 0 Å². The normalized spacial score (nSPS) is 47.1. The summed E-state index contributed by atoms with van der Waals surface area (Å²) in [5, 5.41) is 33.8. The third-order valence-corrected chi connectivity index (χ3v) is 10.4. The van der Waals surface area contributed by atoms with Gasteiger partial charge in [0.15, 0.2) is 0 Å². The van der Waals surface area contributed by atoms with Crippen LogP contribution >= 0.6 is 0 Å². The summed E-state index contributed by atoms with van der Waals surface area (Å²) < 4.78 is 0. The molecule has 3 heteroatoms. The fraction of sp³-hybridized carbons (Fsp3) is 0.926. The van der Waals surface area contributed by atoms with Crippen molar-refractivity contribution in [2.45, 2.75) is 123 Å². The average Bonchev–Trinajstić information content (AvgIpc) is 2.89. The number of hydrogen-bond donors (Lipinski definition) is 3. The maximum Gasteiger partial charge on any atom is 0.117 e. The molecule has 3 nitrogen and oxygen atoms in total. The molecule has 0 heterocycles. The van der Waals surface area contributed by atoms with Crippen LogP contribution in [0.4, 0.5) is 0 Å². The fourth-order valence-electron chi connectivity index (χ4n) is 8.43. The number of rotatable bonds is 5. The van der Waals surface area contributed by atoms with Gasteiger partial charge in [-0.1, -0.05) is 59.5 Å². The summed E-state index contributed by atoms with van der Waals surface area (Å²) >= 11 is 0. The van der Waals surface area contributed by atoms with E-state index in [4.69, 9.17) is 0 Å². The minimum Gasteiger partial charge on any atom is -0.393 e. The molecule has 0 aromatic rings. The number of allylic oxidation sites excluding steroid dienone is 1. The first-order valence-electron chi connectivity index (χ1n) is 12.9. The minimum absolute atomic E-state index is 0.102. The van der Waals surface area contributed by atoms with E-state index < -0.39 is 11.7 Å². The molecule has 4 aliphatic carbocycles. The van der Waals surface area contributed by atoms with E-state index in [2.05, 4.69) is 34.6 Å². The van der Waals surface area contributed by atoms with E-state index in [9.17, 15) is 15.3 Å². The molecule has 4 rings (SSSR count). The molecule has 0 spiro atoms. The predicted octanol–water partition coefficient (Wildman–Crippen LogP) is 5.62. The minimum atomic E-state index is -1.05. The van der Waals surface area contributed by atoms with Crippen molar-refractivity contribution in [1.29, 1.82) is 0 Å². The lowest BCUT2D eigenvalue weighted by molar-refractivity contribution is -0.119. The molecular weight excluding hydrogens is 372 g/mol. The van der Waals surface area contributed by atoms with Gasteiger partial charge in [0, 0.05) is 5.41 Å². The fourth-order valence-corrected chi connectivity index (χ4v) is 8.43. The zero-order valence-corrected chi connectivity index (χ0v) is 20.1. The van der Waals surface area contributed by atoms with E-state index in [0.29, 0.717) is 17.8 Å². The van der Waals surface area contributed by atoms with Crippen LogP contribution in [0.3, 0.4) is 0 Å². The molecule has 0 aliphatic heterocycles. The van der Waals surface area contributed by atoms with Crippen molar-refractivity contribution in [3.63, 3.8) is 0 Å². The number of fused-ring (bicyclic) bond motifs is 4. The third kappa shape index (κ3) is 3.25. The highest BCUT2D eigenvalue weighted by Crippen LogP contribution is 2.67. The van der Waals surface area contributed by atoms with Crippen molar-refractivity contribution in [2.24, 2.45) is 34.5 Å². The van der Waals surface area contributed by atoms with Crippen molar-refractivity contribution >= 4 is 0 Å². The van der Waals surface area contributed by atoms with Crippen molar-refractivity contribution in [1.82, 2.24) is 0 Å². The van der Waals surface area contributed by atoms with Gasteiger partial charge in [-0.15, -0.1) is 0 Å². The van der Waals surface area contributed by atoms with Gasteiger partial charge in [-0.05, 0) is 86.0 Å². The quantitative estimate of drug-likeness (QED) is 0.508. The first kappa shape index (κ1) is 22.8. The van der Waals surface area contributed by atoms with E-state index in [1.807, 2.05) is 0 Å². The van der Waals surface area contributed by atoms with Crippen LogP contribution in [0.5, 0.6) is 0 Å². The summed E-state index contributed by atoms with van der Waals surface area (Å²) in [6, 6.07) is 0. The van der Waals surface area contributed by atoms with Crippen LogP contribution in [0.1, 0.15) is 105 Å². The lowest BCUT2D eigenvalue weighted by Gasteiger charge is -2.58. The zero-order valence-electron chi connectivity index (χ0n) is 20.1. The SMILES string of the molecule is CC(C)CCC[C@@H](C)[C@H]1C[C@H](O)[C@@]2(O)C3=C(CC[C@]12C)[C@@]1(C)CC[C@H](O)C[C@@H]1CC3. The second-order valence-electron chi connectivity index (χ2n) is 12.4. The summed E-state index contributed by atoms with van der Waals surface area (Å²) in [5.41, 5.74) is 1.49. The Morgan fingerprint density at radius 3 is 2.37 bits per heavy atom.